The Kier molecular flexibility index (Phi) is 6.19. The summed E-state index contributed by atoms with van der Waals surface area (Å²) in [6.07, 6.45) is 2.13. The van der Waals surface area contributed by atoms with E-state index in [1.807, 2.05) is 0 Å². The van der Waals surface area contributed by atoms with Crippen molar-refractivity contribution in [1.82, 2.24) is 8.75 Å². The standard InChI is InChI=1S/C43H32N2S/c1-3-43(4-2)39-22-19-31(30-17-20-34-33-15-8-9-16-36(33)41-42(38(34)25-30)45-46-44-41)24-37(39)35-21-18-32(26-40(35)43)29-14-10-13-28(23-29)27-11-6-5-7-12-27/h5-26H,3-4H2,1-2H3. The van der Waals surface area contributed by atoms with E-state index in [1.54, 1.807) is 0 Å². The zero-order valence-corrected chi connectivity index (χ0v) is 26.7. The third-order valence-electron chi connectivity index (χ3n) is 10.4. The lowest BCUT2D eigenvalue weighted by Gasteiger charge is -2.30. The molecular weight excluding hydrogens is 577 g/mol. The number of rotatable bonds is 5. The fourth-order valence-corrected chi connectivity index (χ4v) is 8.58. The van der Waals surface area contributed by atoms with Crippen molar-refractivity contribution in [3.63, 3.8) is 0 Å². The molecule has 0 saturated heterocycles. The van der Waals surface area contributed by atoms with Crippen molar-refractivity contribution in [3.8, 4) is 44.5 Å². The number of fused-ring (bicyclic) bond motifs is 9. The van der Waals surface area contributed by atoms with E-state index in [1.165, 1.54) is 88.9 Å². The minimum Gasteiger partial charge on any atom is -0.172 e. The molecule has 0 aliphatic heterocycles. The van der Waals surface area contributed by atoms with E-state index in [0.717, 1.165) is 23.9 Å². The van der Waals surface area contributed by atoms with Gasteiger partial charge in [0.15, 0.2) is 0 Å². The Morgan fingerprint density at radius 3 is 1.83 bits per heavy atom. The van der Waals surface area contributed by atoms with Gasteiger partial charge in [-0.2, -0.15) is 8.75 Å². The number of aromatic nitrogens is 2. The van der Waals surface area contributed by atoms with Crippen molar-refractivity contribution in [2.45, 2.75) is 32.1 Å². The normalized spacial score (nSPS) is 13.3. The Hall–Kier alpha value is -5.12. The molecule has 3 heteroatoms. The van der Waals surface area contributed by atoms with Gasteiger partial charge < -0.3 is 0 Å². The SMILES string of the molecule is CCC1(CC)c2ccc(-c3ccc4c5ccccc5c5nsnc5c4c3)cc2-c2ccc(-c3cccc(-c4ccccc4)c3)cc21. The van der Waals surface area contributed by atoms with E-state index in [2.05, 4.69) is 152 Å². The summed E-state index contributed by atoms with van der Waals surface area (Å²) in [4.78, 5) is 0. The molecule has 0 unspecified atom stereocenters. The number of nitrogens with zero attached hydrogens (tertiary/aromatic N) is 2. The molecule has 0 radical (unpaired) electrons. The maximum atomic E-state index is 4.75. The summed E-state index contributed by atoms with van der Waals surface area (Å²) in [5, 5.41) is 4.79. The van der Waals surface area contributed by atoms with Crippen LogP contribution in [0.2, 0.25) is 0 Å². The Morgan fingerprint density at radius 2 is 1.02 bits per heavy atom. The van der Waals surface area contributed by atoms with Gasteiger partial charge in [0.25, 0.3) is 0 Å². The molecule has 1 aromatic heterocycles. The quantitative estimate of drug-likeness (QED) is 0.182. The molecule has 2 nitrogen and oxygen atoms in total. The van der Waals surface area contributed by atoms with Gasteiger partial charge in [-0.05, 0) is 104 Å². The lowest BCUT2D eigenvalue weighted by Crippen LogP contribution is -2.23. The lowest BCUT2D eigenvalue weighted by atomic mass is 9.73. The van der Waals surface area contributed by atoms with Gasteiger partial charge in [0.05, 0.1) is 11.7 Å². The van der Waals surface area contributed by atoms with Gasteiger partial charge >= 0.3 is 0 Å². The van der Waals surface area contributed by atoms with Crippen LogP contribution in [0, 0.1) is 0 Å². The van der Waals surface area contributed by atoms with Crippen LogP contribution < -0.4 is 0 Å². The summed E-state index contributed by atoms with van der Waals surface area (Å²) in [6, 6.07) is 49.3. The van der Waals surface area contributed by atoms with Gasteiger partial charge in [-0.1, -0.05) is 123 Å². The second-order valence-corrected chi connectivity index (χ2v) is 13.1. The molecule has 8 aromatic rings. The molecule has 220 valence electrons. The summed E-state index contributed by atoms with van der Waals surface area (Å²) in [5.74, 6) is 0. The zero-order valence-electron chi connectivity index (χ0n) is 25.9. The summed E-state index contributed by atoms with van der Waals surface area (Å²) >= 11 is 1.30. The highest BCUT2D eigenvalue weighted by atomic mass is 32.1. The first-order valence-corrected chi connectivity index (χ1v) is 16.9. The van der Waals surface area contributed by atoms with Gasteiger partial charge in [0.1, 0.15) is 11.0 Å². The predicted octanol–water partition coefficient (Wildman–Crippen LogP) is 12.1. The molecule has 0 N–H and O–H groups in total. The number of benzene rings is 7. The summed E-state index contributed by atoms with van der Waals surface area (Å²) in [6.45, 7) is 4.69. The van der Waals surface area contributed by atoms with Crippen molar-refractivity contribution < 1.29 is 0 Å². The van der Waals surface area contributed by atoms with Crippen molar-refractivity contribution in [1.29, 1.82) is 0 Å². The van der Waals surface area contributed by atoms with Crippen LogP contribution in [0.3, 0.4) is 0 Å². The first-order valence-electron chi connectivity index (χ1n) is 16.2. The van der Waals surface area contributed by atoms with Crippen LogP contribution in [-0.4, -0.2) is 8.75 Å². The van der Waals surface area contributed by atoms with Gasteiger partial charge in [0, 0.05) is 16.2 Å². The molecule has 9 rings (SSSR count). The fourth-order valence-electron chi connectivity index (χ4n) is 8.01. The van der Waals surface area contributed by atoms with Crippen LogP contribution in [0.25, 0.3) is 77.1 Å². The van der Waals surface area contributed by atoms with Crippen LogP contribution in [0.5, 0.6) is 0 Å². The maximum Gasteiger partial charge on any atom is 0.113 e. The topological polar surface area (TPSA) is 25.8 Å². The van der Waals surface area contributed by atoms with E-state index < -0.39 is 0 Å². The second-order valence-electron chi connectivity index (χ2n) is 12.5. The minimum absolute atomic E-state index is 0.00300. The Labute approximate surface area is 273 Å². The van der Waals surface area contributed by atoms with Crippen molar-refractivity contribution in [3.05, 3.63) is 145 Å². The molecular formula is C43H32N2S. The first kappa shape index (κ1) is 27.2. The predicted molar refractivity (Wildman–Crippen MR) is 196 cm³/mol. The zero-order chi connectivity index (χ0) is 30.8. The molecule has 7 aromatic carbocycles. The molecule has 0 saturated carbocycles. The highest BCUT2D eigenvalue weighted by Gasteiger charge is 2.40. The maximum absolute atomic E-state index is 4.75. The third-order valence-corrected chi connectivity index (χ3v) is 11.0. The molecule has 0 fully saturated rings. The van der Waals surface area contributed by atoms with Crippen molar-refractivity contribution in [2.24, 2.45) is 0 Å². The van der Waals surface area contributed by atoms with Crippen LogP contribution in [-0.2, 0) is 5.41 Å². The Bertz CT molecular complexity index is 2450. The fraction of sp³-hybridized carbons (Fsp3) is 0.116. The van der Waals surface area contributed by atoms with Gasteiger partial charge in [-0.15, -0.1) is 0 Å². The Morgan fingerprint density at radius 1 is 0.435 bits per heavy atom. The molecule has 0 atom stereocenters. The summed E-state index contributed by atoms with van der Waals surface area (Å²) in [7, 11) is 0. The first-order chi connectivity index (χ1) is 22.7. The summed E-state index contributed by atoms with van der Waals surface area (Å²) < 4.78 is 9.43. The highest BCUT2D eigenvalue weighted by Crippen LogP contribution is 2.54. The largest absolute Gasteiger partial charge is 0.172 e. The van der Waals surface area contributed by atoms with Gasteiger partial charge in [-0.3, -0.25) is 0 Å². The van der Waals surface area contributed by atoms with E-state index in [4.69, 9.17) is 4.37 Å². The van der Waals surface area contributed by atoms with E-state index >= 15 is 0 Å². The van der Waals surface area contributed by atoms with Crippen molar-refractivity contribution in [2.75, 3.05) is 0 Å². The second kappa shape index (κ2) is 10.5. The molecule has 1 heterocycles. The average Bonchev–Trinajstić information content (AvgIpc) is 3.73. The van der Waals surface area contributed by atoms with Crippen molar-refractivity contribution >= 4 is 44.3 Å². The monoisotopic (exact) mass is 608 g/mol. The van der Waals surface area contributed by atoms with E-state index in [0.29, 0.717) is 0 Å². The van der Waals surface area contributed by atoms with Crippen LogP contribution >= 0.6 is 11.7 Å². The molecule has 1 aliphatic rings. The van der Waals surface area contributed by atoms with Gasteiger partial charge in [0.2, 0.25) is 0 Å². The molecule has 46 heavy (non-hydrogen) atoms. The molecule has 0 spiro atoms. The van der Waals surface area contributed by atoms with Crippen LogP contribution in [0.4, 0.5) is 0 Å². The smallest absolute Gasteiger partial charge is 0.113 e. The highest BCUT2D eigenvalue weighted by molar-refractivity contribution is 7.00. The Balaban J connectivity index is 1.18. The molecule has 0 amide bonds. The number of hydrogen-bond donors (Lipinski definition) is 0. The van der Waals surface area contributed by atoms with E-state index in [9.17, 15) is 0 Å². The lowest BCUT2D eigenvalue weighted by molar-refractivity contribution is 0.490. The summed E-state index contributed by atoms with van der Waals surface area (Å²) in [5.41, 5.74) is 15.1. The molecule has 0 bridgehead atoms. The third kappa shape index (κ3) is 3.95. The minimum atomic E-state index is -0.00300. The van der Waals surface area contributed by atoms with E-state index in [-0.39, 0.29) is 5.41 Å². The molecule has 1 aliphatic carbocycles. The number of hydrogen-bond acceptors (Lipinski definition) is 3. The van der Waals surface area contributed by atoms with Gasteiger partial charge in [-0.25, -0.2) is 0 Å². The average molecular weight is 609 g/mol. The van der Waals surface area contributed by atoms with Crippen LogP contribution in [0.15, 0.2) is 133 Å². The van der Waals surface area contributed by atoms with Crippen LogP contribution in [0.1, 0.15) is 37.8 Å².